The van der Waals surface area contributed by atoms with Crippen LogP contribution in [0.4, 0.5) is 0 Å². The monoisotopic (exact) mass is 302 g/mol. The number of aromatic nitrogens is 4. The predicted molar refractivity (Wildman–Crippen MR) is 77.8 cm³/mol. The molecule has 1 N–H and O–H groups in total. The fraction of sp³-hybridized carbons (Fsp3) is 0.500. The highest BCUT2D eigenvalue weighted by atomic mass is 16.5. The standard InChI is InChI=1S/C14H18N6O2/c1-9(2)17-12(21)8-20-6-10(7-20)14-18-13(19-22-14)11-5-15-3-4-16-11/h3-5,9-10H,6-8H2,1-2H3,(H,17,21). The molecule has 0 bridgehead atoms. The number of carbonyl (C=O) groups excluding carboxylic acids is 1. The average molecular weight is 302 g/mol. The summed E-state index contributed by atoms with van der Waals surface area (Å²) in [4.78, 5) is 26.2. The van der Waals surface area contributed by atoms with E-state index in [2.05, 4.69) is 30.3 Å². The lowest BCUT2D eigenvalue weighted by Gasteiger charge is -2.36. The minimum absolute atomic E-state index is 0.0410. The van der Waals surface area contributed by atoms with E-state index in [9.17, 15) is 4.79 Å². The largest absolute Gasteiger partial charge is 0.353 e. The van der Waals surface area contributed by atoms with Gasteiger partial charge in [-0.25, -0.2) is 4.98 Å². The summed E-state index contributed by atoms with van der Waals surface area (Å²) in [7, 11) is 0. The molecule has 22 heavy (non-hydrogen) atoms. The number of likely N-dealkylation sites (tertiary alicyclic amines) is 1. The predicted octanol–water partition coefficient (Wildman–Crippen LogP) is 0.450. The molecular formula is C14H18N6O2. The second-order valence-electron chi connectivity index (χ2n) is 5.66. The Labute approximate surface area is 127 Å². The van der Waals surface area contributed by atoms with Crippen molar-refractivity contribution in [1.29, 1.82) is 0 Å². The molecule has 0 atom stereocenters. The van der Waals surface area contributed by atoms with E-state index in [4.69, 9.17) is 4.52 Å². The molecule has 0 radical (unpaired) electrons. The molecule has 116 valence electrons. The lowest BCUT2D eigenvalue weighted by Crippen LogP contribution is -2.50. The number of hydrogen-bond donors (Lipinski definition) is 1. The topological polar surface area (TPSA) is 97.0 Å². The second-order valence-corrected chi connectivity index (χ2v) is 5.66. The third-order valence-corrected chi connectivity index (χ3v) is 3.36. The average Bonchev–Trinajstić information content (AvgIpc) is 2.92. The van der Waals surface area contributed by atoms with Gasteiger partial charge in [-0.3, -0.25) is 14.7 Å². The van der Waals surface area contributed by atoms with Crippen LogP contribution >= 0.6 is 0 Å². The van der Waals surface area contributed by atoms with Gasteiger partial charge in [0.05, 0.1) is 18.7 Å². The van der Waals surface area contributed by atoms with Crippen LogP contribution in [0, 0.1) is 0 Å². The van der Waals surface area contributed by atoms with Gasteiger partial charge in [-0.05, 0) is 13.8 Å². The van der Waals surface area contributed by atoms with Crippen LogP contribution in [0.1, 0.15) is 25.7 Å². The van der Waals surface area contributed by atoms with E-state index < -0.39 is 0 Å². The molecule has 0 aromatic carbocycles. The first-order chi connectivity index (χ1) is 10.6. The molecule has 8 heteroatoms. The van der Waals surface area contributed by atoms with Gasteiger partial charge in [0.1, 0.15) is 5.69 Å². The van der Waals surface area contributed by atoms with Crippen molar-refractivity contribution in [3.05, 3.63) is 24.5 Å². The van der Waals surface area contributed by atoms with E-state index in [0.29, 0.717) is 24.0 Å². The third-order valence-electron chi connectivity index (χ3n) is 3.36. The summed E-state index contributed by atoms with van der Waals surface area (Å²) in [5.74, 6) is 1.24. The van der Waals surface area contributed by atoms with Crippen LogP contribution in [0.3, 0.4) is 0 Å². The van der Waals surface area contributed by atoms with Gasteiger partial charge in [0.15, 0.2) is 0 Å². The van der Waals surface area contributed by atoms with E-state index in [0.717, 1.165) is 13.1 Å². The van der Waals surface area contributed by atoms with Crippen LogP contribution in [0.2, 0.25) is 0 Å². The van der Waals surface area contributed by atoms with Crippen molar-refractivity contribution in [2.24, 2.45) is 0 Å². The summed E-state index contributed by atoms with van der Waals surface area (Å²) in [5.41, 5.74) is 0.588. The zero-order chi connectivity index (χ0) is 15.5. The molecule has 1 aliphatic heterocycles. The first-order valence-electron chi connectivity index (χ1n) is 7.23. The molecular weight excluding hydrogens is 284 g/mol. The first-order valence-corrected chi connectivity index (χ1v) is 7.23. The normalized spacial score (nSPS) is 15.8. The van der Waals surface area contributed by atoms with Crippen LogP contribution in [0.5, 0.6) is 0 Å². The Balaban J connectivity index is 1.53. The van der Waals surface area contributed by atoms with Crippen molar-refractivity contribution >= 4 is 5.91 Å². The van der Waals surface area contributed by atoms with E-state index in [1.54, 1.807) is 18.6 Å². The summed E-state index contributed by atoms with van der Waals surface area (Å²) in [6.45, 7) is 5.79. The van der Waals surface area contributed by atoms with Gasteiger partial charge in [-0.2, -0.15) is 4.98 Å². The zero-order valence-corrected chi connectivity index (χ0v) is 12.6. The highest BCUT2D eigenvalue weighted by Gasteiger charge is 2.33. The molecule has 1 aliphatic rings. The minimum atomic E-state index is 0.0410. The molecule has 1 fully saturated rings. The zero-order valence-electron chi connectivity index (χ0n) is 12.6. The molecule has 2 aromatic heterocycles. The molecule has 1 saturated heterocycles. The maximum Gasteiger partial charge on any atom is 0.234 e. The Kier molecular flexibility index (Phi) is 4.10. The van der Waals surface area contributed by atoms with Crippen molar-refractivity contribution in [2.45, 2.75) is 25.8 Å². The summed E-state index contributed by atoms with van der Waals surface area (Å²) >= 11 is 0. The third kappa shape index (κ3) is 3.28. The van der Waals surface area contributed by atoms with E-state index >= 15 is 0 Å². The Morgan fingerprint density at radius 3 is 2.95 bits per heavy atom. The number of rotatable bonds is 5. The SMILES string of the molecule is CC(C)NC(=O)CN1CC(c2nc(-c3cnccn3)no2)C1. The number of amides is 1. The maximum absolute atomic E-state index is 11.7. The molecule has 3 rings (SSSR count). The van der Waals surface area contributed by atoms with Crippen molar-refractivity contribution in [1.82, 2.24) is 30.3 Å². The van der Waals surface area contributed by atoms with Crippen LogP contribution in [0.25, 0.3) is 11.5 Å². The Bertz CT molecular complexity index is 636. The quantitative estimate of drug-likeness (QED) is 0.856. The van der Waals surface area contributed by atoms with Crippen molar-refractivity contribution in [3.8, 4) is 11.5 Å². The van der Waals surface area contributed by atoms with Crippen LogP contribution < -0.4 is 5.32 Å². The van der Waals surface area contributed by atoms with E-state index in [1.165, 1.54) is 0 Å². The van der Waals surface area contributed by atoms with Gasteiger partial charge < -0.3 is 9.84 Å². The van der Waals surface area contributed by atoms with Crippen molar-refractivity contribution in [2.75, 3.05) is 19.6 Å². The highest BCUT2D eigenvalue weighted by molar-refractivity contribution is 5.78. The second kappa shape index (κ2) is 6.18. The molecule has 0 spiro atoms. The number of carbonyl (C=O) groups is 1. The van der Waals surface area contributed by atoms with Gasteiger partial charge in [-0.1, -0.05) is 5.16 Å². The van der Waals surface area contributed by atoms with Crippen molar-refractivity contribution in [3.63, 3.8) is 0 Å². The van der Waals surface area contributed by atoms with Crippen molar-refractivity contribution < 1.29 is 9.32 Å². The number of nitrogens with zero attached hydrogens (tertiary/aromatic N) is 5. The smallest absolute Gasteiger partial charge is 0.234 e. The van der Waals surface area contributed by atoms with Gasteiger partial charge in [0.25, 0.3) is 0 Å². The Morgan fingerprint density at radius 1 is 1.45 bits per heavy atom. The molecule has 2 aromatic rings. The summed E-state index contributed by atoms with van der Waals surface area (Å²) in [6.07, 6.45) is 4.78. The van der Waals surface area contributed by atoms with Crippen LogP contribution in [-0.2, 0) is 4.79 Å². The van der Waals surface area contributed by atoms with Crippen LogP contribution in [-0.4, -0.2) is 56.6 Å². The molecule has 0 saturated carbocycles. The van der Waals surface area contributed by atoms with Gasteiger partial charge >= 0.3 is 0 Å². The fourth-order valence-electron chi connectivity index (χ4n) is 2.35. The lowest BCUT2D eigenvalue weighted by molar-refractivity contribution is -0.123. The van der Waals surface area contributed by atoms with Gasteiger partial charge in [-0.15, -0.1) is 0 Å². The molecule has 3 heterocycles. The minimum Gasteiger partial charge on any atom is -0.353 e. The summed E-state index contributed by atoms with van der Waals surface area (Å²) < 4.78 is 5.28. The first kappa shape index (κ1) is 14.6. The molecule has 0 unspecified atom stereocenters. The summed E-state index contributed by atoms with van der Waals surface area (Å²) in [6, 6.07) is 0.162. The van der Waals surface area contributed by atoms with Gasteiger partial charge in [0, 0.05) is 31.5 Å². The fourth-order valence-corrected chi connectivity index (χ4v) is 2.35. The number of nitrogens with one attached hydrogen (secondary N) is 1. The maximum atomic E-state index is 11.7. The highest BCUT2D eigenvalue weighted by Crippen LogP contribution is 2.26. The van der Waals surface area contributed by atoms with E-state index in [1.807, 2.05) is 13.8 Å². The summed E-state index contributed by atoms with van der Waals surface area (Å²) in [5, 5.41) is 6.80. The van der Waals surface area contributed by atoms with E-state index in [-0.39, 0.29) is 17.9 Å². The molecule has 8 nitrogen and oxygen atoms in total. The van der Waals surface area contributed by atoms with Gasteiger partial charge in [0.2, 0.25) is 17.6 Å². The number of hydrogen-bond acceptors (Lipinski definition) is 7. The van der Waals surface area contributed by atoms with Crippen LogP contribution in [0.15, 0.2) is 23.1 Å². The lowest BCUT2D eigenvalue weighted by atomic mass is 10.0. The molecule has 1 amide bonds. The Hall–Kier alpha value is -2.35. The Morgan fingerprint density at radius 2 is 2.27 bits per heavy atom. The molecule has 0 aliphatic carbocycles.